The second-order valence-corrected chi connectivity index (χ2v) is 9.92. The summed E-state index contributed by atoms with van der Waals surface area (Å²) in [4.78, 5) is 15.8. The first-order valence-electron chi connectivity index (χ1n) is 11.4. The number of halogens is 3. The molecule has 1 unspecified atom stereocenters. The highest BCUT2D eigenvalue weighted by molar-refractivity contribution is 7.23. The lowest BCUT2D eigenvalue weighted by molar-refractivity contribution is -0.274. The fourth-order valence-corrected chi connectivity index (χ4v) is 6.11. The van der Waals surface area contributed by atoms with Crippen molar-refractivity contribution in [1.82, 2.24) is 4.90 Å². The SMILES string of the molecule is Nc1sc2ccc(C(=O)c3ccccc3OC(F)(F)F)cc2c1C1=CCN2CCCCC2CC1. The van der Waals surface area contributed by atoms with Gasteiger partial charge in [-0.1, -0.05) is 24.6 Å². The summed E-state index contributed by atoms with van der Waals surface area (Å²) >= 11 is 1.47. The Hall–Kier alpha value is -2.84. The lowest BCUT2D eigenvalue weighted by atomic mass is 9.94. The Bertz CT molecular complexity index is 1260. The van der Waals surface area contributed by atoms with Crippen LogP contribution in [0.1, 0.15) is 53.6 Å². The molecule has 2 aliphatic heterocycles. The lowest BCUT2D eigenvalue weighted by Crippen LogP contribution is -2.38. The highest BCUT2D eigenvalue weighted by atomic mass is 32.1. The van der Waals surface area contributed by atoms with E-state index in [0.29, 0.717) is 16.6 Å². The number of fused-ring (bicyclic) bond motifs is 2. The summed E-state index contributed by atoms with van der Waals surface area (Å²) in [6.07, 6.45) is 3.08. The Morgan fingerprint density at radius 1 is 1.12 bits per heavy atom. The van der Waals surface area contributed by atoms with E-state index >= 15 is 0 Å². The molecule has 2 aliphatic rings. The molecule has 0 aliphatic carbocycles. The minimum Gasteiger partial charge on any atom is -0.405 e. The van der Waals surface area contributed by atoms with Gasteiger partial charge in [-0.3, -0.25) is 9.69 Å². The number of nitrogen functional groups attached to an aromatic ring is 1. The van der Waals surface area contributed by atoms with Gasteiger partial charge in [-0.25, -0.2) is 0 Å². The van der Waals surface area contributed by atoms with E-state index in [2.05, 4.69) is 15.7 Å². The normalized spacial score (nSPS) is 19.4. The van der Waals surface area contributed by atoms with E-state index in [0.717, 1.165) is 47.6 Å². The molecule has 2 aromatic carbocycles. The maximum atomic E-state index is 13.2. The van der Waals surface area contributed by atoms with Gasteiger partial charge in [-0.2, -0.15) is 0 Å². The third-order valence-corrected chi connectivity index (χ3v) is 7.72. The van der Waals surface area contributed by atoms with E-state index in [1.54, 1.807) is 12.1 Å². The highest BCUT2D eigenvalue weighted by Crippen LogP contribution is 2.42. The van der Waals surface area contributed by atoms with Crippen molar-refractivity contribution in [2.75, 3.05) is 18.8 Å². The number of carbonyl (C=O) groups is 1. The topological polar surface area (TPSA) is 55.6 Å². The zero-order valence-corrected chi connectivity index (χ0v) is 19.3. The average Bonchev–Trinajstić information content (AvgIpc) is 2.98. The molecule has 8 heteroatoms. The van der Waals surface area contributed by atoms with E-state index in [-0.39, 0.29) is 5.56 Å². The van der Waals surface area contributed by atoms with Crippen LogP contribution in [0.15, 0.2) is 48.5 Å². The molecular weight excluding hydrogens is 461 g/mol. The number of alkyl halides is 3. The average molecular weight is 487 g/mol. The van der Waals surface area contributed by atoms with E-state index < -0.39 is 17.9 Å². The van der Waals surface area contributed by atoms with Crippen LogP contribution in [0.25, 0.3) is 15.7 Å². The Labute approximate surface area is 199 Å². The molecule has 3 aromatic rings. The van der Waals surface area contributed by atoms with Crippen LogP contribution in [-0.2, 0) is 0 Å². The monoisotopic (exact) mass is 486 g/mol. The summed E-state index contributed by atoms with van der Waals surface area (Å²) < 4.78 is 43.6. The van der Waals surface area contributed by atoms with Crippen LogP contribution in [0.2, 0.25) is 0 Å². The summed E-state index contributed by atoms with van der Waals surface area (Å²) in [7, 11) is 0. The number of thiophene rings is 1. The number of ketones is 1. The molecule has 1 atom stereocenters. The number of piperidine rings is 1. The molecule has 0 bridgehead atoms. The van der Waals surface area contributed by atoms with Crippen molar-refractivity contribution in [1.29, 1.82) is 0 Å². The van der Waals surface area contributed by atoms with Gasteiger partial charge >= 0.3 is 6.36 Å². The summed E-state index contributed by atoms with van der Waals surface area (Å²) in [5.41, 5.74) is 8.76. The smallest absolute Gasteiger partial charge is 0.405 e. The summed E-state index contributed by atoms with van der Waals surface area (Å²) in [6.45, 7) is 2.00. The van der Waals surface area contributed by atoms with Crippen molar-refractivity contribution >= 4 is 37.8 Å². The highest BCUT2D eigenvalue weighted by Gasteiger charge is 2.33. The van der Waals surface area contributed by atoms with Crippen molar-refractivity contribution in [3.63, 3.8) is 0 Å². The standard InChI is InChI=1S/C26H25F3N2O2S/c27-26(28,29)33-21-7-2-1-6-19(21)24(32)17-9-11-22-20(15-17)23(25(30)34-22)16-8-10-18-5-3-4-13-31(18)14-12-16/h1-2,6-7,9,11-12,15,18H,3-5,8,10,13-14,30H2. The summed E-state index contributed by atoms with van der Waals surface area (Å²) in [6, 6.07) is 11.2. The molecule has 1 fully saturated rings. The van der Waals surface area contributed by atoms with Crippen molar-refractivity contribution in [2.24, 2.45) is 0 Å². The molecule has 4 nitrogen and oxygen atoms in total. The molecule has 178 valence electrons. The Balaban J connectivity index is 1.51. The van der Waals surface area contributed by atoms with E-state index in [1.165, 1.54) is 54.4 Å². The Morgan fingerprint density at radius 2 is 1.94 bits per heavy atom. The van der Waals surface area contributed by atoms with Gasteiger partial charge in [-0.15, -0.1) is 24.5 Å². The fourth-order valence-electron chi connectivity index (χ4n) is 5.12. The number of ether oxygens (including phenoxy) is 1. The van der Waals surface area contributed by atoms with Crippen molar-refractivity contribution in [3.05, 3.63) is 65.2 Å². The third kappa shape index (κ3) is 4.57. The second kappa shape index (κ2) is 9.07. The number of carbonyl (C=O) groups excluding carboxylic acids is 1. The molecule has 34 heavy (non-hydrogen) atoms. The first-order valence-corrected chi connectivity index (χ1v) is 12.3. The first kappa shape index (κ1) is 22.9. The maximum absolute atomic E-state index is 13.2. The zero-order valence-electron chi connectivity index (χ0n) is 18.5. The number of nitrogens with two attached hydrogens (primary N) is 1. The second-order valence-electron chi connectivity index (χ2n) is 8.84. The van der Waals surface area contributed by atoms with Crippen LogP contribution in [0.4, 0.5) is 18.2 Å². The molecule has 1 aromatic heterocycles. The molecule has 5 rings (SSSR count). The van der Waals surface area contributed by atoms with Gasteiger partial charge in [0.05, 0.1) is 10.6 Å². The molecule has 0 saturated carbocycles. The van der Waals surface area contributed by atoms with Gasteiger partial charge < -0.3 is 10.5 Å². The zero-order chi connectivity index (χ0) is 23.9. The van der Waals surface area contributed by atoms with Crippen LogP contribution in [-0.4, -0.2) is 36.2 Å². The molecule has 0 amide bonds. The van der Waals surface area contributed by atoms with Gasteiger partial charge in [0, 0.05) is 33.8 Å². The maximum Gasteiger partial charge on any atom is 0.573 e. The molecular formula is C26H25F3N2O2S. The van der Waals surface area contributed by atoms with Crippen molar-refractivity contribution < 1.29 is 22.7 Å². The fraction of sp³-hybridized carbons (Fsp3) is 0.346. The van der Waals surface area contributed by atoms with Gasteiger partial charge in [0.1, 0.15) is 5.75 Å². The number of anilines is 1. The van der Waals surface area contributed by atoms with Gasteiger partial charge in [0.2, 0.25) is 0 Å². The quantitative estimate of drug-likeness (QED) is 0.420. The largest absolute Gasteiger partial charge is 0.573 e. The van der Waals surface area contributed by atoms with Gasteiger partial charge in [0.15, 0.2) is 5.78 Å². The van der Waals surface area contributed by atoms with Crippen LogP contribution in [0.5, 0.6) is 5.75 Å². The number of benzene rings is 2. The molecule has 1 saturated heterocycles. The number of hydrogen-bond donors (Lipinski definition) is 1. The minimum absolute atomic E-state index is 0.130. The van der Waals surface area contributed by atoms with Crippen LogP contribution in [0.3, 0.4) is 0 Å². The molecule has 3 heterocycles. The lowest BCUT2D eigenvalue weighted by Gasteiger charge is -2.33. The Morgan fingerprint density at radius 3 is 2.76 bits per heavy atom. The molecule has 0 spiro atoms. The summed E-state index contributed by atoms with van der Waals surface area (Å²) in [5, 5.41) is 1.57. The van der Waals surface area contributed by atoms with E-state index in [9.17, 15) is 18.0 Å². The van der Waals surface area contributed by atoms with Gasteiger partial charge in [0.25, 0.3) is 0 Å². The van der Waals surface area contributed by atoms with E-state index in [1.807, 2.05) is 6.07 Å². The molecule has 0 radical (unpaired) electrons. The van der Waals surface area contributed by atoms with Crippen LogP contribution < -0.4 is 10.5 Å². The van der Waals surface area contributed by atoms with Gasteiger partial charge in [-0.05, 0) is 68.1 Å². The number of nitrogens with zero attached hydrogens (tertiary/aromatic N) is 1. The van der Waals surface area contributed by atoms with Crippen molar-refractivity contribution in [2.45, 2.75) is 44.5 Å². The minimum atomic E-state index is -4.88. The number of para-hydroxylation sites is 1. The number of allylic oxidation sites excluding steroid dienone is 1. The third-order valence-electron chi connectivity index (χ3n) is 6.72. The Kier molecular flexibility index (Phi) is 6.12. The number of hydrogen-bond acceptors (Lipinski definition) is 5. The summed E-state index contributed by atoms with van der Waals surface area (Å²) in [5.74, 6) is -1.03. The van der Waals surface area contributed by atoms with E-state index in [4.69, 9.17) is 5.73 Å². The predicted octanol–water partition coefficient (Wildman–Crippen LogP) is 6.64. The first-order chi connectivity index (χ1) is 16.3. The molecule has 2 N–H and O–H groups in total. The predicted molar refractivity (Wildman–Crippen MR) is 129 cm³/mol. The van der Waals surface area contributed by atoms with Crippen molar-refractivity contribution in [3.8, 4) is 5.75 Å². The van der Waals surface area contributed by atoms with Crippen LogP contribution >= 0.6 is 11.3 Å². The van der Waals surface area contributed by atoms with Crippen LogP contribution in [0, 0.1) is 0 Å². The number of rotatable bonds is 4.